The van der Waals surface area contributed by atoms with Gasteiger partial charge in [-0.3, -0.25) is 9.36 Å². The molecule has 0 radical (unpaired) electrons. The summed E-state index contributed by atoms with van der Waals surface area (Å²) in [7, 11) is 0. The van der Waals surface area contributed by atoms with Crippen molar-refractivity contribution in [1.29, 1.82) is 0 Å². The molecule has 0 bridgehead atoms. The summed E-state index contributed by atoms with van der Waals surface area (Å²) in [5.41, 5.74) is 2.24. The Morgan fingerprint density at radius 2 is 2.13 bits per heavy atom. The maximum Gasteiger partial charge on any atom is 0.236 e. The number of ether oxygens (including phenoxy) is 1. The van der Waals surface area contributed by atoms with Crippen LogP contribution in [0.2, 0.25) is 5.02 Å². The smallest absolute Gasteiger partial charge is 0.236 e. The fraction of sp³-hybridized carbons (Fsp3) is 0.238. The number of benzene rings is 1. The minimum atomic E-state index is -0.198. The molecule has 1 amide bonds. The molecule has 0 aliphatic rings. The van der Waals surface area contributed by atoms with E-state index >= 15 is 0 Å². The van der Waals surface area contributed by atoms with Crippen molar-refractivity contribution in [3.05, 3.63) is 71.2 Å². The highest BCUT2D eigenvalue weighted by Gasteiger charge is 2.15. The lowest BCUT2D eigenvalue weighted by atomic mass is 10.1. The van der Waals surface area contributed by atoms with Gasteiger partial charge in [0.2, 0.25) is 5.91 Å². The maximum absolute atomic E-state index is 12.2. The zero-order valence-electron chi connectivity index (χ0n) is 16.8. The fourth-order valence-corrected chi connectivity index (χ4v) is 3.59. The van der Waals surface area contributed by atoms with E-state index in [0.29, 0.717) is 28.4 Å². The van der Waals surface area contributed by atoms with Gasteiger partial charge in [0, 0.05) is 12.7 Å². The van der Waals surface area contributed by atoms with Crippen LogP contribution in [0.25, 0.3) is 0 Å². The number of allylic oxidation sites excluding steroid dienone is 1. The molecule has 30 heavy (non-hydrogen) atoms. The van der Waals surface area contributed by atoms with Gasteiger partial charge in [-0.1, -0.05) is 47.1 Å². The second kappa shape index (κ2) is 10.3. The SMILES string of the molecule is C=CCn1c(COc2ccc(C)cc2C)nnc1SCC(=O)Nc1ccc(Cl)cn1. The third-order valence-electron chi connectivity index (χ3n) is 4.12. The molecule has 9 heteroatoms. The molecular weight excluding hydrogens is 422 g/mol. The molecule has 3 rings (SSSR count). The van der Waals surface area contributed by atoms with Crippen LogP contribution in [0.5, 0.6) is 5.75 Å². The van der Waals surface area contributed by atoms with Crippen LogP contribution >= 0.6 is 23.4 Å². The van der Waals surface area contributed by atoms with Crippen molar-refractivity contribution in [2.45, 2.75) is 32.2 Å². The molecule has 0 spiro atoms. The van der Waals surface area contributed by atoms with Gasteiger partial charge in [0.15, 0.2) is 11.0 Å². The number of pyridine rings is 1. The zero-order chi connectivity index (χ0) is 21.5. The maximum atomic E-state index is 12.2. The molecule has 0 fully saturated rings. The molecule has 0 saturated carbocycles. The number of hydrogen-bond acceptors (Lipinski definition) is 6. The quantitative estimate of drug-likeness (QED) is 0.389. The van der Waals surface area contributed by atoms with E-state index in [0.717, 1.165) is 11.3 Å². The van der Waals surface area contributed by atoms with Crippen LogP contribution in [-0.4, -0.2) is 31.4 Å². The molecule has 1 aromatic carbocycles. The van der Waals surface area contributed by atoms with Gasteiger partial charge in [-0.25, -0.2) is 4.98 Å². The number of rotatable bonds is 9. The van der Waals surface area contributed by atoms with Crippen molar-refractivity contribution in [1.82, 2.24) is 19.7 Å². The Balaban J connectivity index is 1.62. The van der Waals surface area contributed by atoms with Crippen molar-refractivity contribution in [2.75, 3.05) is 11.1 Å². The summed E-state index contributed by atoms with van der Waals surface area (Å²) in [4.78, 5) is 16.3. The number of aryl methyl sites for hydroxylation is 2. The van der Waals surface area contributed by atoms with E-state index in [1.807, 2.05) is 30.5 Å². The van der Waals surface area contributed by atoms with E-state index in [2.05, 4.69) is 33.1 Å². The van der Waals surface area contributed by atoms with Crippen molar-refractivity contribution >= 4 is 35.1 Å². The molecule has 0 unspecified atom stereocenters. The Hall–Kier alpha value is -2.84. The Kier molecular flexibility index (Phi) is 7.48. The van der Waals surface area contributed by atoms with Gasteiger partial charge in [-0.05, 0) is 37.6 Å². The monoisotopic (exact) mass is 443 g/mol. The third-order valence-corrected chi connectivity index (χ3v) is 5.31. The Morgan fingerprint density at radius 1 is 1.30 bits per heavy atom. The van der Waals surface area contributed by atoms with Crippen LogP contribution in [0.3, 0.4) is 0 Å². The van der Waals surface area contributed by atoms with E-state index in [4.69, 9.17) is 16.3 Å². The van der Waals surface area contributed by atoms with Crippen molar-refractivity contribution in [3.63, 3.8) is 0 Å². The second-order valence-electron chi connectivity index (χ2n) is 6.55. The van der Waals surface area contributed by atoms with Crippen LogP contribution in [0.4, 0.5) is 5.82 Å². The summed E-state index contributed by atoms with van der Waals surface area (Å²) in [6.45, 7) is 8.63. The lowest BCUT2D eigenvalue weighted by Gasteiger charge is -2.11. The Morgan fingerprint density at radius 3 is 2.83 bits per heavy atom. The van der Waals surface area contributed by atoms with E-state index in [-0.39, 0.29) is 18.3 Å². The van der Waals surface area contributed by atoms with E-state index in [9.17, 15) is 4.79 Å². The van der Waals surface area contributed by atoms with Crippen molar-refractivity contribution in [3.8, 4) is 5.75 Å². The van der Waals surface area contributed by atoms with Gasteiger partial charge in [-0.15, -0.1) is 16.8 Å². The normalized spacial score (nSPS) is 10.6. The van der Waals surface area contributed by atoms with Crippen LogP contribution in [0.1, 0.15) is 17.0 Å². The molecule has 3 aromatic rings. The number of amides is 1. The lowest BCUT2D eigenvalue weighted by molar-refractivity contribution is -0.113. The van der Waals surface area contributed by atoms with Crippen LogP contribution < -0.4 is 10.1 Å². The van der Waals surface area contributed by atoms with E-state index in [1.54, 1.807) is 18.2 Å². The number of nitrogens with one attached hydrogen (secondary N) is 1. The minimum absolute atomic E-state index is 0.164. The van der Waals surface area contributed by atoms with Gasteiger partial charge in [-0.2, -0.15) is 0 Å². The van der Waals surface area contributed by atoms with Gasteiger partial charge < -0.3 is 10.1 Å². The first kappa shape index (κ1) is 21.9. The summed E-state index contributed by atoms with van der Waals surface area (Å²) < 4.78 is 7.81. The van der Waals surface area contributed by atoms with Crippen LogP contribution in [0.15, 0.2) is 54.3 Å². The van der Waals surface area contributed by atoms with Crippen molar-refractivity contribution in [2.24, 2.45) is 0 Å². The first-order chi connectivity index (χ1) is 14.5. The molecule has 0 aliphatic heterocycles. The van der Waals surface area contributed by atoms with Gasteiger partial charge in [0.05, 0.1) is 10.8 Å². The molecule has 156 valence electrons. The molecular formula is C21H22ClN5O2S. The number of thioether (sulfide) groups is 1. The summed E-state index contributed by atoms with van der Waals surface area (Å²) in [5, 5.41) is 12.3. The summed E-state index contributed by atoms with van der Waals surface area (Å²) in [5.74, 6) is 1.88. The number of hydrogen-bond donors (Lipinski definition) is 1. The van der Waals surface area contributed by atoms with Gasteiger partial charge in [0.25, 0.3) is 0 Å². The summed E-state index contributed by atoms with van der Waals surface area (Å²) in [6, 6.07) is 9.34. The van der Waals surface area contributed by atoms with Crippen LogP contribution in [-0.2, 0) is 17.9 Å². The number of aromatic nitrogens is 4. The van der Waals surface area contributed by atoms with E-state index < -0.39 is 0 Å². The van der Waals surface area contributed by atoms with Crippen LogP contribution in [0, 0.1) is 13.8 Å². The second-order valence-corrected chi connectivity index (χ2v) is 7.93. The lowest BCUT2D eigenvalue weighted by Crippen LogP contribution is -2.15. The summed E-state index contributed by atoms with van der Waals surface area (Å²) >= 11 is 7.09. The average molecular weight is 444 g/mol. The minimum Gasteiger partial charge on any atom is -0.485 e. The van der Waals surface area contributed by atoms with Gasteiger partial charge >= 0.3 is 0 Å². The largest absolute Gasteiger partial charge is 0.485 e. The highest BCUT2D eigenvalue weighted by Crippen LogP contribution is 2.22. The van der Waals surface area contributed by atoms with Gasteiger partial charge in [0.1, 0.15) is 18.2 Å². The average Bonchev–Trinajstić information content (AvgIpc) is 3.09. The summed E-state index contributed by atoms with van der Waals surface area (Å²) in [6.07, 6.45) is 3.23. The molecule has 2 heterocycles. The highest BCUT2D eigenvalue weighted by molar-refractivity contribution is 7.99. The highest BCUT2D eigenvalue weighted by atomic mass is 35.5. The Labute approximate surface area is 184 Å². The molecule has 0 atom stereocenters. The van der Waals surface area contributed by atoms with E-state index in [1.165, 1.54) is 23.5 Å². The zero-order valence-corrected chi connectivity index (χ0v) is 18.3. The first-order valence-corrected chi connectivity index (χ1v) is 10.6. The molecule has 2 aromatic heterocycles. The number of carbonyl (C=O) groups excluding carboxylic acids is 1. The Bertz CT molecular complexity index is 1040. The fourth-order valence-electron chi connectivity index (χ4n) is 2.71. The molecule has 1 N–H and O–H groups in total. The number of nitrogens with zero attached hydrogens (tertiary/aromatic N) is 4. The number of halogens is 1. The number of anilines is 1. The standard InChI is InChI=1S/C21H22ClN5O2S/c1-4-9-27-19(12-29-17-7-5-14(2)10-15(17)3)25-26-21(27)30-13-20(28)24-18-8-6-16(22)11-23-18/h4-8,10-11H,1,9,12-13H2,2-3H3,(H,23,24,28). The molecule has 0 aliphatic carbocycles. The first-order valence-electron chi connectivity index (χ1n) is 9.23. The number of carbonyl (C=O) groups is 1. The topological polar surface area (TPSA) is 81.9 Å². The molecule has 7 nitrogen and oxygen atoms in total. The predicted octanol–water partition coefficient (Wildman–Crippen LogP) is 4.44. The molecule has 0 saturated heterocycles. The predicted molar refractivity (Wildman–Crippen MR) is 119 cm³/mol. The third kappa shape index (κ3) is 5.84. The van der Waals surface area contributed by atoms with Crippen molar-refractivity contribution < 1.29 is 9.53 Å².